The number of carbonyl (C=O) groups is 4. The molecule has 14 nitrogen and oxygen atoms in total. The molecule has 302 valence electrons. The van der Waals surface area contributed by atoms with E-state index in [4.69, 9.17) is 19.4 Å². The van der Waals surface area contributed by atoms with Crippen molar-refractivity contribution >= 4 is 46.1 Å². The van der Waals surface area contributed by atoms with Crippen molar-refractivity contribution in [1.29, 1.82) is 0 Å². The molecular weight excluding hydrogens is 749 g/mol. The fourth-order valence-corrected chi connectivity index (χ4v) is 9.26. The van der Waals surface area contributed by atoms with E-state index in [1.165, 1.54) is 14.2 Å². The van der Waals surface area contributed by atoms with Gasteiger partial charge in [-0.15, -0.1) is 0 Å². The molecule has 0 spiro atoms. The number of aromatic amines is 2. The number of hydrogen-bond donors (Lipinski definition) is 4. The van der Waals surface area contributed by atoms with Crippen molar-refractivity contribution in [2.24, 2.45) is 0 Å². The molecule has 2 aromatic heterocycles. The first-order chi connectivity index (χ1) is 28.6. The van der Waals surface area contributed by atoms with Gasteiger partial charge in [0.05, 0.1) is 47.9 Å². The van der Waals surface area contributed by atoms with E-state index in [0.717, 1.165) is 75.8 Å². The molecule has 3 aliphatic heterocycles. The van der Waals surface area contributed by atoms with Gasteiger partial charge in [0, 0.05) is 12.6 Å². The summed E-state index contributed by atoms with van der Waals surface area (Å²) in [6.07, 6.45) is 3.37. The van der Waals surface area contributed by atoms with Gasteiger partial charge in [0.2, 0.25) is 5.91 Å². The van der Waals surface area contributed by atoms with E-state index in [1.54, 1.807) is 0 Å². The van der Waals surface area contributed by atoms with Crippen LogP contribution in [0.3, 0.4) is 0 Å². The van der Waals surface area contributed by atoms with Crippen LogP contribution in [-0.2, 0) is 24.6 Å². The summed E-state index contributed by atoms with van der Waals surface area (Å²) in [5.41, 5.74) is 7.51. The number of aromatic nitrogens is 4. The Morgan fingerprint density at radius 1 is 0.780 bits per heavy atom. The Morgan fingerprint density at radius 3 is 2.08 bits per heavy atom. The Morgan fingerprint density at radius 2 is 1.41 bits per heavy atom. The first kappa shape index (κ1) is 37.9. The topological polar surface area (TPSA) is 175 Å². The smallest absolute Gasteiger partial charge is 0.407 e. The van der Waals surface area contributed by atoms with E-state index in [0.29, 0.717) is 30.8 Å². The lowest BCUT2D eigenvalue weighted by Crippen LogP contribution is -2.54. The Bertz CT molecular complexity index is 2570. The Labute approximate surface area is 340 Å². The molecule has 4 N–H and O–H groups in total. The van der Waals surface area contributed by atoms with Crippen LogP contribution in [0.15, 0.2) is 91.0 Å². The molecule has 4 amide bonds. The largest absolute Gasteiger partial charge is 0.453 e. The molecule has 0 radical (unpaired) electrons. The minimum absolute atomic E-state index is 0.0900. The second-order valence-electron chi connectivity index (χ2n) is 15.9. The summed E-state index contributed by atoms with van der Waals surface area (Å²) >= 11 is 0. The minimum atomic E-state index is -0.905. The standard InChI is InChI=1S/C45H46N8O6/c1-45(22-7-23-52(45)41(55)38(51-44(57)59-3)28-8-5-4-6-9-28)42-48-33-19-15-30(25-36(33)49-42)27-12-10-26(11-13-27)29-14-18-32-35(24-29)47-39(46-32)37-21-17-31-16-20-34(40(54)53(31)37)50-43(56)58-2/h4-6,8-15,18-19,24-25,31,34,37-38H,7,16-17,20-23H2,1-3H3,(H,46,47)(H,48,49)(H,50,56)(H,51,57)/t31-,34-,37-,38+,45-/m0/s1. The molecular formula is C45H46N8O6. The van der Waals surface area contributed by atoms with E-state index in [9.17, 15) is 19.2 Å². The Hall–Kier alpha value is -6.70. The fraction of sp³-hybridized carbons (Fsp3) is 0.333. The summed E-state index contributed by atoms with van der Waals surface area (Å²) < 4.78 is 9.61. The number of fused-ring (bicyclic) bond motifs is 3. The Balaban J connectivity index is 0.925. The number of hydrogen-bond acceptors (Lipinski definition) is 8. The zero-order valence-corrected chi connectivity index (χ0v) is 33.2. The number of rotatable bonds is 8. The third-order valence-electron chi connectivity index (χ3n) is 12.4. The number of piperidine rings is 1. The molecule has 0 aliphatic carbocycles. The molecule has 9 rings (SSSR count). The average Bonchev–Trinajstić information content (AvgIpc) is 4.08. The summed E-state index contributed by atoms with van der Waals surface area (Å²) in [6.45, 7) is 2.56. The zero-order valence-electron chi connectivity index (χ0n) is 33.2. The van der Waals surface area contributed by atoms with Gasteiger partial charge in [-0.2, -0.15) is 0 Å². The summed E-state index contributed by atoms with van der Waals surface area (Å²) in [7, 11) is 2.58. The van der Waals surface area contributed by atoms with Crippen LogP contribution in [0.1, 0.15) is 74.7 Å². The van der Waals surface area contributed by atoms with Crippen molar-refractivity contribution < 1.29 is 28.7 Å². The molecule has 14 heteroatoms. The van der Waals surface area contributed by atoms with Gasteiger partial charge >= 0.3 is 12.2 Å². The van der Waals surface area contributed by atoms with E-state index >= 15 is 0 Å². The zero-order chi connectivity index (χ0) is 40.8. The van der Waals surface area contributed by atoms with Crippen LogP contribution in [0, 0.1) is 0 Å². The molecule has 4 aromatic carbocycles. The second-order valence-corrected chi connectivity index (χ2v) is 15.9. The molecule has 59 heavy (non-hydrogen) atoms. The minimum Gasteiger partial charge on any atom is -0.453 e. The van der Waals surface area contributed by atoms with Crippen LogP contribution in [-0.4, -0.2) is 86.6 Å². The van der Waals surface area contributed by atoms with Crippen molar-refractivity contribution in [3.63, 3.8) is 0 Å². The van der Waals surface area contributed by atoms with Crippen LogP contribution in [0.25, 0.3) is 44.3 Å². The molecule has 6 aromatic rings. The molecule has 3 fully saturated rings. The van der Waals surface area contributed by atoms with Crippen LogP contribution >= 0.6 is 0 Å². The Kier molecular flexibility index (Phi) is 9.77. The molecule has 3 aliphatic rings. The lowest BCUT2D eigenvalue weighted by molar-refractivity contribution is -0.140. The highest BCUT2D eigenvalue weighted by Gasteiger charge is 2.47. The maximum absolute atomic E-state index is 14.2. The molecule has 0 unspecified atom stereocenters. The monoisotopic (exact) mass is 794 g/mol. The van der Waals surface area contributed by atoms with E-state index < -0.39 is 29.8 Å². The normalized spacial score (nSPS) is 22.0. The van der Waals surface area contributed by atoms with Crippen molar-refractivity contribution in [2.45, 2.75) is 75.2 Å². The highest BCUT2D eigenvalue weighted by Crippen LogP contribution is 2.42. The number of amides is 4. The van der Waals surface area contributed by atoms with Gasteiger partial charge in [0.15, 0.2) is 0 Å². The van der Waals surface area contributed by atoms with E-state index in [1.807, 2.05) is 59.2 Å². The first-order valence-electron chi connectivity index (χ1n) is 20.1. The summed E-state index contributed by atoms with van der Waals surface area (Å²) in [6, 6.07) is 28.4. The highest BCUT2D eigenvalue weighted by molar-refractivity contribution is 5.89. The average molecular weight is 795 g/mol. The third-order valence-corrected chi connectivity index (χ3v) is 12.4. The van der Waals surface area contributed by atoms with E-state index in [-0.39, 0.29) is 23.9 Å². The number of nitrogens with one attached hydrogen (secondary N) is 4. The molecule has 3 saturated heterocycles. The maximum atomic E-state index is 14.2. The number of alkyl carbamates (subject to hydrolysis) is 2. The van der Waals surface area contributed by atoms with Crippen molar-refractivity contribution in [2.75, 3.05) is 20.8 Å². The van der Waals surface area contributed by atoms with E-state index in [2.05, 4.69) is 69.1 Å². The van der Waals surface area contributed by atoms with Gasteiger partial charge in [-0.1, -0.05) is 66.7 Å². The maximum Gasteiger partial charge on any atom is 0.407 e. The van der Waals surface area contributed by atoms with Crippen molar-refractivity contribution in [3.05, 3.63) is 108 Å². The van der Waals surface area contributed by atoms with Gasteiger partial charge in [-0.05, 0) is 97.5 Å². The van der Waals surface area contributed by atoms with Crippen LogP contribution in [0.5, 0.6) is 0 Å². The third kappa shape index (κ3) is 6.91. The van der Waals surface area contributed by atoms with Gasteiger partial charge in [0.25, 0.3) is 5.91 Å². The number of methoxy groups -OCH3 is 2. The summed E-state index contributed by atoms with van der Waals surface area (Å²) in [5, 5.41) is 5.44. The number of nitrogens with zero attached hydrogens (tertiary/aromatic N) is 4. The van der Waals surface area contributed by atoms with Crippen LogP contribution in [0.4, 0.5) is 9.59 Å². The first-order valence-corrected chi connectivity index (χ1v) is 20.1. The molecule has 0 saturated carbocycles. The van der Waals surface area contributed by atoms with Gasteiger partial charge in [-0.25, -0.2) is 19.6 Å². The fourth-order valence-electron chi connectivity index (χ4n) is 9.26. The summed E-state index contributed by atoms with van der Waals surface area (Å²) in [4.78, 5) is 72.5. The number of carbonyl (C=O) groups excluding carboxylic acids is 4. The highest BCUT2D eigenvalue weighted by atomic mass is 16.5. The van der Waals surface area contributed by atoms with Gasteiger partial charge < -0.3 is 39.9 Å². The second kappa shape index (κ2) is 15.2. The lowest BCUT2D eigenvalue weighted by Gasteiger charge is -2.37. The number of benzene rings is 4. The van der Waals surface area contributed by atoms with Crippen LogP contribution < -0.4 is 10.6 Å². The molecule has 5 heterocycles. The number of ether oxygens (including phenoxy) is 2. The predicted molar refractivity (Wildman–Crippen MR) is 221 cm³/mol. The summed E-state index contributed by atoms with van der Waals surface area (Å²) in [5.74, 6) is 1.14. The van der Waals surface area contributed by atoms with Crippen LogP contribution in [0.2, 0.25) is 0 Å². The lowest BCUT2D eigenvalue weighted by atomic mass is 9.96. The molecule has 5 atom stereocenters. The molecule has 0 bridgehead atoms. The van der Waals surface area contributed by atoms with Gasteiger partial charge in [0.1, 0.15) is 23.7 Å². The number of H-pyrrole nitrogens is 2. The van der Waals surface area contributed by atoms with Crippen molar-refractivity contribution in [3.8, 4) is 22.3 Å². The predicted octanol–water partition coefficient (Wildman–Crippen LogP) is 7.26. The number of likely N-dealkylation sites (tertiary alicyclic amines) is 1. The number of imidazole rings is 2. The van der Waals surface area contributed by atoms with Gasteiger partial charge in [-0.3, -0.25) is 9.59 Å². The van der Waals surface area contributed by atoms with Crippen molar-refractivity contribution in [1.82, 2.24) is 40.4 Å². The SMILES string of the molecule is COC(=O)N[C@H]1CC[C@H]2CC[C@@H](c3nc4ccc(-c5ccc(-c6ccc7nc([C@]8(C)CCCN8C(=O)[C@H](NC(=O)OC)c8ccccc8)[nH]c7c6)cc5)cc4[nH]3)N2C1=O. The quantitative estimate of drug-likeness (QED) is 0.125.